The van der Waals surface area contributed by atoms with Crippen molar-refractivity contribution in [1.29, 1.82) is 0 Å². The van der Waals surface area contributed by atoms with Gasteiger partial charge in [-0.15, -0.1) is 0 Å². The van der Waals surface area contributed by atoms with Gasteiger partial charge in [-0.25, -0.2) is 0 Å². The lowest BCUT2D eigenvalue weighted by Crippen LogP contribution is -2.67. The summed E-state index contributed by atoms with van der Waals surface area (Å²) in [5, 5.41) is 3.45. The van der Waals surface area contributed by atoms with Gasteiger partial charge < -0.3 is 5.73 Å². The fourth-order valence-electron chi connectivity index (χ4n) is 2.59. The smallest absolute Gasteiger partial charge is 0.239 e. The SMILES string of the molecule is CC1(C)CCSCC1(NCc1ccccc1)C(N)=O. The van der Waals surface area contributed by atoms with Crippen LogP contribution in [0.15, 0.2) is 30.3 Å². The Morgan fingerprint density at radius 2 is 2.05 bits per heavy atom. The second-order valence-electron chi connectivity index (χ2n) is 5.80. The number of rotatable bonds is 4. The van der Waals surface area contributed by atoms with E-state index in [1.54, 1.807) is 11.8 Å². The minimum Gasteiger partial charge on any atom is -0.368 e. The van der Waals surface area contributed by atoms with Crippen LogP contribution < -0.4 is 11.1 Å². The molecule has 0 aromatic heterocycles. The molecule has 0 saturated carbocycles. The van der Waals surface area contributed by atoms with Gasteiger partial charge in [-0.1, -0.05) is 44.2 Å². The Morgan fingerprint density at radius 3 is 2.63 bits per heavy atom. The van der Waals surface area contributed by atoms with Gasteiger partial charge in [0.1, 0.15) is 5.54 Å². The van der Waals surface area contributed by atoms with Gasteiger partial charge in [-0.2, -0.15) is 11.8 Å². The highest BCUT2D eigenvalue weighted by Crippen LogP contribution is 2.42. The van der Waals surface area contributed by atoms with Crippen molar-refractivity contribution in [2.24, 2.45) is 11.1 Å². The van der Waals surface area contributed by atoms with Crippen molar-refractivity contribution < 1.29 is 4.79 Å². The molecule has 3 nitrogen and oxygen atoms in total. The third-order valence-electron chi connectivity index (χ3n) is 4.20. The van der Waals surface area contributed by atoms with E-state index in [9.17, 15) is 4.79 Å². The number of thioether (sulfide) groups is 1. The average Bonchev–Trinajstić information content (AvgIpc) is 2.38. The number of hydrogen-bond donors (Lipinski definition) is 2. The van der Waals surface area contributed by atoms with Crippen molar-refractivity contribution >= 4 is 17.7 Å². The van der Waals surface area contributed by atoms with Gasteiger partial charge in [0, 0.05) is 12.3 Å². The Bertz CT molecular complexity index is 447. The maximum atomic E-state index is 12.1. The Kier molecular flexibility index (Phi) is 4.21. The fraction of sp³-hybridized carbons (Fsp3) is 0.533. The lowest BCUT2D eigenvalue weighted by Gasteiger charge is -2.48. The van der Waals surface area contributed by atoms with E-state index in [4.69, 9.17) is 5.73 Å². The first-order valence-corrected chi connectivity index (χ1v) is 7.80. The number of benzene rings is 1. The van der Waals surface area contributed by atoms with Gasteiger partial charge in [0.05, 0.1) is 0 Å². The van der Waals surface area contributed by atoms with E-state index < -0.39 is 5.54 Å². The molecular formula is C15H22N2OS. The van der Waals surface area contributed by atoms with Crippen LogP contribution in [0, 0.1) is 5.41 Å². The lowest BCUT2D eigenvalue weighted by atomic mass is 9.70. The van der Waals surface area contributed by atoms with E-state index in [-0.39, 0.29) is 11.3 Å². The van der Waals surface area contributed by atoms with Crippen molar-refractivity contribution in [2.45, 2.75) is 32.4 Å². The summed E-state index contributed by atoms with van der Waals surface area (Å²) in [6.45, 7) is 4.94. The van der Waals surface area contributed by atoms with Crippen LogP contribution in [0.4, 0.5) is 0 Å². The van der Waals surface area contributed by atoms with Gasteiger partial charge >= 0.3 is 0 Å². The summed E-state index contributed by atoms with van der Waals surface area (Å²) < 4.78 is 0. The van der Waals surface area contributed by atoms with Crippen LogP contribution in [-0.2, 0) is 11.3 Å². The molecule has 0 bridgehead atoms. The first-order chi connectivity index (χ1) is 8.98. The van der Waals surface area contributed by atoms with Gasteiger partial charge in [-0.05, 0) is 23.2 Å². The average molecular weight is 278 g/mol. The standard InChI is InChI=1S/C15H22N2OS/c1-14(2)8-9-19-11-15(14,13(16)18)17-10-12-6-4-3-5-7-12/h3-7,17H,8-11H2,1-2H3,(H2,16,18). The van der Waals surface area contributed by atoms with Crippen LogP contribution in [0.2, 0.25) is 0 Å². The van der Waals surface area contributed by atoms with Gasteiger partial charge in [0.25, 0.3) is 0 Å². The second-order valence-corrected chi connectivity index (χ2v) is 6.90. The molecule has 4 heteroatoms. The van der Waals surface area contributed by atoms with Crippen molar-refractivity contribution in [3.8, 4) is 0 Å². The molecule has 1 heterocycles. The molecule has 1 unspecified atom stereocenters. The number of hydrogen-bond acceptors (Lipinski definition) is 3. The molecule has 0 aliphatic carbocycles. The zero-order valence-electron chi connectivity index (χ0n) is 11.6. The predicted molar refractivity (Wildman–Crippen MR) is 80.9 cm³/mol. The fourth-order valence-corrected chi connectivity index (χ4v) is 4.33. The van der Waals surface area contributed by atoms with Crippen molar-refractivity contribution in [2.75, 3.05) is 11.5 Å². The highest BCUT2D eigenvalue weighted by Gasteiger charge is 2.51. The maximum absolute atomic E-state index is 12.1. The number of amides is 1. The summed E-state index contributed by atoms with van der Waals surface area (Å²) in [7, 11) is 0. The Hall–Kier alpha value is -1.00. The molecule has 1 aromatic carbocycles. The summed E-state index contributed by atoms with van der Waals surface area (Å²) >= 11 is 1.80. The number of carbonyl (C=O) groups excluding carboxylic acids is 1. The molecule has 1 amide bonds. The first kappa shape index (κ1) is 14.4. The van der Waals surface area contributed by atoms with E-state index in [2.05, 4.69) is 31.3 Å². The minimum atomic E-state index is -0.619. The summed E-state index contributed by atoms with van der Waals surface area (Å²) in [6, 6.07) is 10.1. The Morgan fingerprint density at radius 1 is 1.37 bits per heavy atom. The van der Waals surface area contributed by atoms with E-state index in [1.165, 1.54) is 5.56 Å². The minimum absolute atomic E-state index is 0.112. The molecule has 3 N–H and O–H groups in total. The van der Waals surface area contributed by atoms with Crippen LogP contribution in [0.5, 0.6) is 0 Å². The Labute approximate surface area is 119 Å². The third kappa shape index (κ3) is 2.79. The summed E-state index contributed by atoms with van der Waals surface area (Å²) in [5.41, 5.74) is 6.17. The third-order valence-corrected chi connectivity index (χ3v) is 5.33. The zero-order valence-corrected chi connectivity index (χ0v) is 12.4. The van der Waals surface area contributed by atoms with Gasteiger partial charge in [0.15, 0.2) is 0 Å². The first-order valence-electron chi connectivity index (χ1n) is 6.65. The topological polar surface area (TPSA) is 55.1 Å². The van der Waals surface area contributed by atoms with Crippen molar-refractivity contribution in [3.63, 3.8) is 0 Å². The molecule has 2 rings (SSSR count). The Balaban J connectivity index is 2.18. The molecular weight excluding hydrogens is 256 g/mol. The molecule has 0 spiro atoms. The maximum Gasteiger partial charge on any atom is 0.239 e. The van der Waals surface area contributed by atoms with Crippen LogP contribution in [0.3, 0.4) is 0 Å². The number of carbonyl (C=O) groups is 1. The number of primary amides is 1. The predicted octanol–water partition coefficient (Wildman–Crippen LogP) is 2.16. The molecule has 1 aliphatic rings. The molecule has 1 aliphatic heterocycles. The quantitative estimate of drug-likeness (QED) is 0.887. The zero-order chi connectivity index (χ0) is 13.9. The molecule has 104 valence electrons. The monoisotopic (exact) mass is 278 g/mol. The van der Waals surface area contributed by atoms with Crippen LogP contribution in [0.25, 0.3) is 0 Å². The van der Waals surface area contributed by atoms with E-state index in [0.717, 1.165) is 17.9 Å². The molecule has 1 fully saturated rings. The lowest BCUT2D eigenvalue weighted by molar-refractivity contribution is -0.128. The van der Waals surface area contributed by atoms with Crippen molar-refractivity contribution in [1.82, 2.24) is 5.32 Å². The summed E-state index contributed by atoms with van der Waals surface area (Å²) in [4.78, 5) is 12.1. The van der Waals surface area contributed by atoms with Crippen LogP contribution in [0.1, 0.15) is 25.8 Å². The number of nitrogens with one attached hydrogen (secondary N) is 1. The van der Waals surface area contributed by atoms with Gasteiger partial charge in [0.2, 0.25) is 5.91 Å². The molecule has 0 radical (unpaired) electrons. The van der Waals surface area contributed by atoms with E-state index in [0.29, 0.717) is 6.54 Å². The number of nitrogens with two attached hydrogens (primary N) is 1. The normalized spacial score (nSPS) is 26.0. The van der Waals surface area contributed by atoms with E-state index >= 15 is 0 Å². The highest BCUT2D eigenvalue weighted by molar-refractivity contribution is 7.99. The largest absolute Gasteiger partial charge is 0.368 e. The highest BCUT2D eigenvalue weighted by atomic mass is 32.2. The molecule has 1 saturated heterocycles. The van der Waals surface area contributed by atoms with Gasteiger partial charge in [-0.3, -0.25) is 10.1 Å². The van der Waals surface area contributed by atoms with Crippen LogP contribution in [-0.4, -0.2) is 23.0 Å². The second kappa shape index (κ2) is 5.55. The molecule has 19 heavy (non-hydrogen) atoms. The van der Waals surface area contributed by atoms with E-state index in [1.807, 2.05) is 18.2 Å². The summed E-state index contributed by atoms with van der Waals surface area (Å²) in [6.07, 6.45) is 1.00. The van der Waals surface area contributed by atoms with Crippen LogP contribution >= 0.6 is 11.8 Å². The van der Waals surface area contributed by atoms with Crippen molar-refractivity contribution in [3.05, 3.63) is 35.9 Å². The summed E-state index contributed by atoms with van der Waals surface area (Å²) in [5.74, 6) is 1.61. The molecule has 1 atom stereocenters. The molecule has 1 aromatic rings.